The molecule has 1 saturated heterocycles. The predicted molar refractivity (Wildman–Crippen MR) is 146 cm³/mol. The predicted octanol–water partition coefficient (Wildman–Crippen LogP) is 3.48. The van der Waals surface area contributed by atoms with Gasteiger partial charge in [0, 0.05) is 25.5 Å². The largest absolute Gasteiger partial charge is 0.495 e. The Morgan fingerprint density at radius 3 is 2.79 bits per heavy atom. The zero-order valence-corrected chi connectivity index (χ0v) is 23.2. The van der Waals surface area contributed by atoms with E-state index in [9.17, 15) is 21.6 Å². The van der Waals surface area contributed by atoms with Gasteiger partial charge in [-0.25, -0.2) is 22.5 Å². The molecule has 0 radical (unpaired) electrons. The lowest BCUT2D eigenvalue weighted by molar-refractivity contribution is 0.149. The fourth-order valence-electron chi connectivity index (χ4n) is 4.27. The number of fused-ring (bicyclic) bond motifs is 1. The second-order valence-corrected chi connectivity index (χ2v) is 11.7. The molecule has 2 atom stereocenters. The van der Waals surface area contributed by atoms with E-state index < -0.39 is 28.0 Å². The molecule has 0 amide bonds. The molecule has 3 aromatic rings. The normalized spacial score (nSPS) is 18.1. The van der Waals surface area contributed by atoms with Crippen molar-refractivity contribution < 1.29 is 26.3 Å². The minimum absolute atomic E-state index is 0.0446. The van der Waals surface area contributed by atoms with Gasteiger partial charge >= 0.3 is 0 Å². The van der Waals surface area contributed by atoms with Crippen LogP contribution in [0.4, 0.5) is 24.7 Å². The van der Waals surface area contributed by atoms with Gasteiger partial charge in [-0.2, -0.15) is 8.78 Å². The Hall–Kier alpha value is -3.12. The number of thioether (sulfide) groups is 1. The number of sulfonamides is 1. The second kappa shape index (κ2) is 12.4. The third-order valence-electron chi connectivity index (χ3n) is 6.26. The monoisotopic (exact) mass is 582 g/mol. The number of halogens is 3. The molecule has 1 aliphatic heterocycles. The summed E-state index contributed by atoms with van der Waals surface area (Å²) in [6, 6.07) is 5.55. The maximum Gasteiger partial charge on any atom is 0.290 e. The first-order chi connectivity index (χ1) is 18.6. The molecular formula is C25H29F3N6O3S2. The molecule has 2 aromatic heterocycles. The Balaban J connectivity index is 1.60. The van der Waals surface area contributed by atoms with E-state index in [4.69, 9.17) is 4.74 Å². The highest BCUT2D eigenvalue weighted by atomic mass is 32.2. The maximum absolute atomic E-state index is 14.6. The van der Waals surface area contributed by atoms with Gasteiger partial charge in [-0.1, -0.05) is 11.8 Å². The topological polar surface area (TPSA) is 100 Å². The Labute approximate surface area is 229 Å². The van der Waals surface area contributed by atoms with Crippen molar-refractivity contribution in [3.63, 3.8) is 0 Å². The summed E-state index contributed by atoms with van der Waals surface area (Å²) in [6.45, 7) is 1.10. The van der Waals surface area contributed by atoms with E-state index in [-0.39, 0.29) is 16.5 Å². The van der Waals surface area contributed by atoms with Gasteiger partial charge in [0.15, 0.2) is 5.82 Å². The number of methoxy groups -OCH3 is 1. The van der Waals surface area contributed by atoms with Gasteiger partial charge in [0.05, 0.1) is 41.4 Å². The highest BCUT2D eigenvalue weighted by Gasteiger charge is 2.28. The second-order valence-electron chi connectivity index (χ2n) is 8.82. The highest BCUT2D eigenvalue weighted by Crippen LogP contribution is 2.33. The van der Waals surface area contributed by atoms with E-state index >= 15 is 0 Å². The van der Waals surface area contributed by atoms with E-state index in [1.807, 2.05) is 11.9 Å². The van der Waals surface area contributed by atoms with Crippen molar-refractivity contribution in [3.05, 3.63) is 42.2 Å². The van der Waals surface area contributed by atoms with Crippen molar-refractivity contribution in [2.45, 2.75) is 34.3 Å². The van der Waals surface area contributed by atoms with E-state index in [1.54, 1.807) is 16.7 Å². The quantitative estimate of drug-likeness (QED) is 0.261. The fourth-order valence-corrected chi connectivity index (χ4v) is 5.70. The van der Waals surface area contributed by atoms with E-state index in [0.29, 0.717) is 53.1 Å². The number of benzene rings is 1. The molecule has 0 spiro atoms. The van der Waals surface area contributed by atoms with Crippen LogP contribution in [0.2, 0.25) is 0 Å². The molecule has 1 aliphatic rings. The van der Waals surface area contributed by atoms with Crippen molar-refractivity contribution in [3.8, 4) is 17.6 Å². The molecule has 0 aliphatic carbocycles. The third kappa shape index (κ3) is 6.73. The molecule has 39 heavy (non-hydrogen) atoms. The minimum Gasteiger partial charge on any atom is -0.495 e. The first-order valence-electron chi connectivity index (χ1n) is 12.0. The Kier molecular flexibility index (Phi) is 9.16. The summed E-state index contributed by atoms with van der Waals surface area (Å²) in [5, 5.41) is 6.40. The molecule has 14 heteroatoms. The van der Waals surface area contributed by atoms with Crippen LogP contribution in [0.25, 0.3) is 5.52 Å². The molecule has 1 fully saturated rings. The summed E-state index contributed by atoms with van der Waals surface area (Å²) in [4.78, 5) is 6.30. The first-order valence-corrected chi connectivity index (χ1v) is 14.4. The molecule has 210 valence electrons. The number of piperidine rings is 1. The van der Waals surface area contributed by atoms with Crippen molar-refractivity contribution in [1.82, 2.24) is 19.0 Å². The van der Waals surface area contributed by atoms with Gasteiger partial charge in [-0.3, -0.25) is 0 Å². The first kappa shape index (κ1) is 28.9. The highest BCUT2D eigenvalue weighted by molar-refractivity contribution is 7.99. The summed E-state index contributed by atoms with van der Waals surface area (Å²) >= 11 is 0.361. The van der Waals surface area contributed by atoms with Gasteiger partial charge in [-0.15, -0.1) is 0 Å². The number of hydrogen-bond donors (Lipinski definition) is 3. The van der Waals surface area contributed by atoms with Crippen LogP contribution in [0.5, 0.6) is 5.75 Å². The lowest BCUT2D eigenvalue weighted by Crippen LogP contribution is -2.46. The van der Waals surface area contributed by atoms with Crippen LogP contribution in [0.1, 0.15) is 12.0 Å². The van der Waals surface area contributed by atoms with Crippen molar-refractivity contribution in [2.24, 2.45) is 0 Å². The Bertz CT molecular complexity index is 1490. The van der Waals surface area contributed by atoms with Crippen LogP contribution < -0.4 is 20.1 Å². The number of nitrogens with one attached hydrogen (secondary N) is 3. The lowest BCUT2D eigenvalue weighted by atomic mass is 10.0. The maximum atomic E-state index is 14.6. The third-order valence-corrected chi connectivity index (χ3v) is 8.49. The van der Waals surface area contributed by atoms with Crippen LogP contribution in [0.3, 0.4) is 0 Å². The molecule has 1 aromatic carbocycles. The average molecular weight is 583 g/mol. The number of anilines is 2. The smallest absolute Gasteiger partial charge is 0.290 e. The molecule has 3 N–H and O–H groups in total. The van der Waals surface area contributed by atoms with Gasteiger partial charge in [0.2, 0.25) is 10.0 Å². The number of likely N-dealkylation sites (tertiary alicyclic amines) is 1. The van der Waals surface area contributed by atoms with Crippen LogP contribution in [-0.2, 0) is 10.0 Å². The summed E-state index contributed by atoms with van der Waals surface area (Å²) in [5.41, 5.74) is 1.27. The SMILES string of the molecule is CNS(=O)(=O)c1ccc(OC)c(NCC#Cc2cc3c(N[C@@H]4CCN(C)C[C@@H]4F)nccn3c2SC(F)F)c1. The van der Waals surface area contributed by atoms with Crippen molar-refractivity contribution in [1.29, 1.82) is 0 Å². The molecular weight excluding hydrogens is 553 g/mol. The molecule has 0 bridgehead atoms. The van der Waals surface area contributed by atoms with Crippen LogP contribution in [0, 0.1) is 11.8 Å². The van der Waals surface area contributed by atoms with Crippen molar-refractivity contribution >= 4 is 38.8 Å². The number of hydrogen-bond acceptors (Lipinski definition) is 8. The summed E-state index contributed by atoms with van der Waals surface area (Å²) in [7, 11) is 0.961. The Morgan fingerprint density at radius 1 is 1.31 bits per heavy atom. The van der Waals surface area contributed by atoms with Gasteiger partial charge in [0.1, 0.15) is 16.9 Å². The van der Waals surface area contributed by atoms with Crippen molar-refractivity contribution in [2.75, 3.05) is 51.5 Å². The average Bonchev–Trinajstić information content (AvgIpc) is 3.25. The molecule has 0 saturated carbocycles. The fraction of sp³-hybridized carbons (Fsp3) is 0.400. The molecule has 3 heterocycles. The summed E-state index contributed by atoms with van der Waals surface area (Å²) < 4.78 is 75.0. The molecule has 9 nitrogen and oxygen atoms in total. The number of nitrogens with zero attached hydrogens (tertiary/aromatic N) is 3. The van der Waals surface area contributed by atoms with E-state index in [1.165, 1.54) is 38.6 Å². The number of rotatable bonds is 9. The molecule has 0 unspecified atom stereocenters. The van der Waals surface area contributed by atoms with Crippen LogP contribution in [-0.4, -0.2) is 81.5 Å². The van der Waals surface area contributed by atoms with Gasteiger partial charge < -0.3 is 24.7 Å². The molecule has 4 rings (SSSR count). The summed E-state index contributed by atoms with van der Waals surface area (Å²) in [5.74, 6) is 3.95. The minimum atomic E-state index is -3.67. The number of aromatic nitrogens is 2. The van der Waals surface area contributed by atoms with Gasteiger partial charge in [0.25, 0.3) is 5.76 Å². The standard InChI is InChI=1S/C25H29F3N6O3S2/c1-29-39(35,36)17-6-7-22(37-3)20(14-17)30-9-4-5-16-13-21-23(32-19-8-11-33(2)15-18(19)26)31-10-12-34(21)24(16)38-25(27)28/h6-7,10,12-14,18-19,25,29-30H,8-9,11,15H2,1-3H3,(H,31,32)/t18-,19+/m0/s1. The zero-order chi connectivity index (χ0) is 28.2. The van der Waals surface area contributed by atoms with E-state index in [0.717, 1.165) is 6.54 Å². The number of ether oxygens (including phenoxy) is 1. The van der Waals surface area contributed by atoms with E-state index in [2.05, 4.69) is 32.2 Å². The number of alkyl halides is 3. The van der Waals surface area contributed by atoms with Crippen LogP contribution >= 0.6 is 11.8 Å². The van der Waals surface area contributed by atoms with Gasteiger partial charge in [-0.05, 0) is 56.5 Å². The van der Waals surface area contributed by atoms with Crippen LogP contribution in [0.15, 0.2) is 46.6 Å². The summed E-state index contributed by atoms with van der Waals surface area (Å²) in [6.07, 6.45) is 2.52. The zero-order valence-electron chi connectivity index (χ0n) is 21.5. The Morgan fingerprint density at radius 2 is 2.10 bits per heavy atom. The lowest BCUT2D eigenvalue weighted by Gasteiger charge is -2.33.